The first kappa shape index (κ1) is 15.6. The molecular weight excluding hydrogens is 272 g/mol. The lowest BCUT2D eigenvalue weighted by Crippen LogP contribution is -2.44. The van der Waals surface area contributed by atoms with E-state index in [0.29, 0.717) is 24.7 Å². The number of hydrogen-bond donors (Lipinski definition) is 1. The van der Waals surface area contributed by atoms with Crippen LogP contribution in [0.1, 0.15) is 44.8 Å². The number of hydrogen-bond acceptors (Lipinski definition) is 6. The SMILES string of the molecule is CCC(CC)N1C(=O)CC(NCCc2noc(C)n2)C1=O. The highest BCUT2D eigenvalue weighted by molar-refractivity contribution is 6.05. The van der Waals surface area contributed by atoms with Crippen LogP contribution < -0.4 is 5.32 Å². The van der Waals surface area contributed by atoms with Crippen molar-refractivity contribution in [1.82, 2.24) is 20.4 Å². The van der Waals surface area contributed by atoms with Crippen molar-refractivity contribution in [1.29, 1.82) is 0 Å². The second-order valence-electron chi connectivity index (χ2n) is 5.26. The van der Waals surface area contributed by atoms with E-state index in [1.807, 2.05) is 13.8 Å². The Hall–Kier alpha value is -1.76. The van der Waals surface area contributed by atoms with Crippen LogP contribution in [0.3, 0.4) is 0 Å². The molecule has 1 aliphatic heterocycles. The van der Waals surface area contributed by atoms with Gasteiger partial charge in [0.2, 0.25) is 17.7 Å². The summed E-state index contributed by atoms with van der Waals surface area (Å²) < 4.78 is 4.88. The van der Waals surface area contributed by atoms with Crippen LogP contribution in [0.2, 0.25) is 0 Å². The number of rotatable bonds is 7. The van der Waals surface area contributed by atoms with Crippen molar-refractivity contribution in [2.24, 2.45) is 0 Å². The molecule has 1 atom stereocenters. The molecule has 1 aliphatic rings. The summed E-state index contributed by atoms with van der Waals surface area (Å²) in [5.74, 6) is 0.935. The minimum atomic E-state index is -0.425. The molecule has 0 aliphatic carbocycles. The highest BCUT2D eigenvalue weighted by Gasteiger charge is 2.40. The molecule has 1 unspecified atom stereocenters. The zero-order chi connectivity index (χ0) is 15.4. The Kier molecular flexibility index (Phi) is 5.06. The molecule has 2 rings (SSSR count). The minimum Gasteiger partial charge on any atom is -0.340 e. The zero-order valence-corrected chi connectivity index (χ0v) is 12.8. The Morgan fingerprint density at radius 1 is 1.38 bits per heavy atom. The third kappa shape index (κ3) is 3.47. The first-order valence-corrected chi connectivity index (χ1v) is 7.45. The van der Waals surface area contributed by atoms with E-state index in [1.165, 1.54) is 4.90 Å². The van der Waals surface area contributed by atoms with Gasteiger partial charge < -0.3 is 9.84 Å². The highest BCUT2D eigenvalue weighted by atomic mass is 16.5. The van der Waals surface area contributed by atoms with Crippen molar-refractivity contribution >= 4 is 11.8 Å². The number of carbonyl (C=O) groups excluding carboxylic acids is 2. The first-order valence-electron chi connectivity index (χ1n) is 7.45. The molecule has 7 heteroatoms. The number of aryl methyl sites for hydroxylation is 1. The number of nitrogens with one attached hydrogen (secondary N) is 1. The van der Waals surface area contributed by atoms with E-state index in [4.69, 9.17) is 4.52 Å². The molecule has 0 aromatic carbocycles. The molecule has 1 aromatic rings. The van der Waals surface area contributed by atoms with Gasteiger partial charge in [0.15, 0.2) is 5.82 Å². The Balaban J connectivity index is 1.87. The molecule has 0 radical (unpaired) electrons. The number of likely N-dealkylation sites (tertiary alicyclic amines) is 1. The summed E-state index contributed by atoms with van der Waals surface area (Å²) in [4.78, 5) is 29.9. The van der Waals surface area contributed by atoms with E-state index >= 15 is 0 Å². The normalized spacial score (nSPS) is 19.0. The van der Waals surface area contributed by atoms with Gasteiger partial charge >= 0.3 is 0 Å². The Morgan fingerprint density at radius 2 is 2.10 bits per heavy atom. The highest BCUT2D eigenvalue weighted by Crippen LogP contribution is 2.20. The average Bonchev–Trinajstić information content (AvgIpc) is 2.98. The van der Waals surface area contributed by atoms with Gasteiger partial charge in [-0.25, -0.2) is 0 Å². The maximum atomic E-state index is 12.3. The smallest absolute Gasteiger partial charge is 0.247 e. The molecule has 0 saturated carbocycles. The van der Waals surface area contributed by atoms with Gasteiger partial charge in [0.25, 0.3) is 0 Å². The van der Waals surface area contributed by atoms with Gasteiger partial charge in [-0.05, 0) is 12.8 Å². The van der Waals surface area contributed by atoms with Gasteiger partial charge in [-0.1, -0.05) is 19.0 Å². The fourth-order valence-corrected chi connectivity index (χ4v) is 2.65. The molecule has 2 heterocycles. The molecule has 1 N–H and O–H groups in total. The van der Waals surface area contributed by atoms with E-state index < -0.39 is 6.04 Å². The van der Waals surface area contributed by atoms with Crippen molar-refractivity contribution in [2.45, 2.75) is 58.5 Å². The van der Waals surface area contributed by atoms with Crippen LogP contribution in [0.5, 0.6) is 0 Å². The fraction of sp³-hybridized carbons (Fsp3) is 0.714. The summed E-state index contributed by atoms with van der Waals surface area (Å²) in [5, 5.41) is 6.91. The van der Waals surface area contributed by atoms with Crippen LogP contribution in [0.4, 0.5) is 0 Å². The molecule has 0 spiro atoms. The molecule has 1 aromatic heterocycles. The second-order valence-corrected chi connectivity index (χ2v) is 5.26. The fourth-order valence-electron chi connectivity index (χ4n) is 2.65. The maximum absolute atomic E-state index is 12.3. The lowest BCUT2D eigenvalue weighted by Gasteiger charge is -2.24. The third-order valence-corrected chi connectivity index (χ3v) is 3.80. The molecule has 1 fully saturated rings. The maximum Gasteiger partial charge on any atom is 0.247 e. The molecule has 1 saturated heterocycles. The van der Waals surface area contributed by atoms with E-state index in [9.17, 15) is 9.59 Å². The van der Waals surface area contributed by atoms with Gasteiger partial charge in [0.1, 0.15) is 0 Å². The van der Waals surface area contributed by atoms with Crippen molar-refractivity contribution in [2.75, 3.05) is 6.54 Å². The third-order valence-electron chi connectivity index (χ3n) is 3.80. The average molecular weight is 294 g/mol. The molecule has 116 valence electrons. The molecule has 2 amide bonds. The summed E-state index contributed by atoms with van der Waals surface area (Å²) in [6, 6.07) is -0.414. The lowest BCUT2D eigenvalue weighted by atomic mass is 10.1. The Labute approximate surface area is 124 Å². The summed E-state index contributed by atoms with van der Waals surface area (Å²) >= 11 is 0. The van der Waals surface area contributed by atoms with Crippen LogP contribution in [0.25, 0.3) is 0 Å². The second kappa shape index (κ2) is 6.80. The van der Waals surface area contributed by atoms with E-state index in [0.717, 1.165) is 12.8 Å². The molecular formula is C14H22N4O3. The predicted octanol–water partition coefficient (Wildman–Crippen LogP) is 0.826. The summed E-state index contributed by atoms with van der Waals surface area (Å²) in [6.07, 6.45) is 2.40. The van der Waals surface area contributed by atoms with Crippen molar-refractivity contribution in [3.63, 3.8) is 0 Å². The van der Waals surface area contributed by atoms with Gasteiger partial charge in [-0.2, -0.15) is 4.98 Å². The van der Waals surface area contributed by atoms with E-state index in [-0.39, 0.29) is 24.3 Å². The molecule has 21 heavy (non-hydrogen) atoms. The number of aromatic nitrogens is 2. The standard InChI is InChI=1S/C14H22N4O3/c1-4-10(5-2)18-13(19)8-11(14(18)20)15-7-6-12-16-9(3)21-17-12/h10-11,15H,4-8H2,1-3H3. The first-order chi connectivity index (χ1) is 10.1. The largest absolute Gasteiger partial charge is 0.340 e. The quantitative estimate of drug-likeness (QED) is 0.749. The van der Waals surface area contributed by atoms with Gasteiger partial charge in [-0.15, -0.1) is 0 Å². The predicted molar refractivity (Wildman–Crippen MR) is 75.4 cm³/mol. The Morgan fingerprint density at radius 3 is 2.67 bits per heavy atom. The van der Waals surface area contributed by atoms with Crippen LogP contribution in [0.15, 0.2) is 4.52 Å². The van der Waals surface area contributed by atoms with Gasteiger partial charge in [0.05, 0.1) is 12.5 Å². The lowest BCUT2D eigenvalue weighted by molar-refractivity contribution is -0.141. The molecule has 0 bridgehead atoms. The minimum absolute atomic E-state index is 0.0108. The number of nitrogens with zero attached hydrogens (tertiary/aromatic N) is 3. The van der Waals surface area contributed by atoms with Crippen molar-refractivity contribution < 1.29 is 14.1 Å². The monoisotopic (exact) mass is 294 g/mol. The topological polar surface area (TPSA) is 88.3 Å². The van der Waals surface area contributed by atoms with E-state index in [1.54, 1.807) is 6.92 Å². The summed E-state index contributed by atoms with van der Waals surface area (Å²) in [7, 11) is 0. The van der Waals surface area contributed by atoms with Crippen molar-refractivity contribution in [3.8, 4) is 0 Å². The molecule has 7 nitrogen and oxygen atoms in total. The van der Waals surface area contributed by atoms with Gasteiger partial charge in [-0.3, -0.25) is 14.5 Å². The van der Waals surface area contributed by atoms with Crippen molar-refractivity contribution in [3.05, 3.63) is 11.7 Å². The van der Waals surface area contributed by atoms with E-state index in [2.05, 4.69) is 15.5 Å². The zero-order valence-electron chi connectivity index (χ0n) is 12.8. The van der Waals surface area contributed by atoms with Crippen LogP contribution in [0, 0.1) is 6.92 Å². The van der Waals surface area contributed by atoms with Crippen LogP contribution in [-0.4, -0.2) is 45.5 Å². The Bertz CT molecular complexity index is 510. The number of imide groups is 1. The van der Waals surface area contributed by atoms with Crippen LogP contribution >= 0.6 is 0 Å². The number of amides is 2. The summed E-state index contributed by atoms with van der Waals surface area (Å²) in [6.45, 7) is 6.26. The van der Waals surface area contributed by atoms with Crippen LogP contribution in [-0.2, 0) is 16.0 Å². The van der Waals surface area contributed by atoms with Gasteiger partial charge in [0, 0.05) is 25.9 Å². The summed E-state index contributed by atoms with van der Waals surface area (Å²) in [5.41, 5.74) is 0. The number of carbonyl (C=O) groups is 2.